The molecule has 0 radical (unpaired) electrons. The lowest BCUT2D eigenvalue weighted by Crippen LogP contribution is -2.41. The van der Waals surface area contributed by atoms with E-state index in [1.165, 1.54) is 5.06 Å². The Morgan fingerprint density at radius 2 is 1.82 bits per heavy atom. The van der Waals surface area contributed by atoms with Gasteiger partial charge in [0.25, 0.3) is 0 Å². The highest BCUT2D eigenvalue weighted by atomic mass is 16.7. The smallest absolute Gasteiger partial charge is 0.434 e. The van der Waals surface area contributed by atoms with Crippen molar-refractivity contribution >= 4 is 6.09 Å². The average molecular weight is 304 g/mol. The van der Waals surface area contributed by atoms with Crippen molar-refractivity contribution in [3.63, 3.8) is 0 Å². The number of carbonyl (C=O) groups is 1. The van der Waals surface area contributed by atoms with Gasteiger partial charge in [0.05, 0.1) is 23.8 Å². The fraction of sp³-hybridized carbons (Fsp3) is 0.529. The SMILES string of the molecule is CC(C)(C)OC(=O)N(Cc1cccc(C#N)c1)OC(C)(C)C. The Morgan fingerprint density at radius 1 is 1.18 bits per heavy atom. The van der Waals surface area contributed by atoms with Crippen molar-refractivity contribution in [3.8, 4) is 6.07 Å². The molecular weight excluding hydrogens is 280 g/mol. The van der Waals surface area contributed by atoms with Crippen molar-refractivity contribution in [2.24, 2.45) is 0 Å². The van der Waals surface area contributed by atoms with Crippen molar-refractivity contribution in [2.75, 3.05) is 0 Å². The van der Waals surface area contributed by atoms with Gasteiger partial charge in [0.15, 0.2) is 0 Å². The summed E-state index contributed by atoms with van der Waals surface area (Å²) in [6, 6.07) is 9.13. The van der Waals surface area contributed by atoms with Gasteiger partial charge in [-0.3, -0.25) is 4.84 Å². The van der Waals surface area contributed by atoms with Crippen LogP contribution in [0.4, 0.5) is 4.79 Å². The van der Waals surface area contributed by atoms with Crippen molar-refractivity contribution < 1.29 is 14.4 Å². The standard InChI is InChI=1S/C17H24N2O3/c1-16(2,3)21-15(20)19(22-17(4,5)6)12-14-9-7-8-13(10-14)11-18/h7-10H,12H2,1-6H3. The molecule has 0 unspecified atom stereocenters. The number of ether oxygens (including phenoxy) is 1. The second-order valence-corrected chi connectivity index (χ2v) is 7.03. The predicted molar refractivity (Wildman–Crippen MR) is 83.8 cm³/mol. The number of amides is 1. The first-order valence-electron chi connectivity index (χ1n) is 7.19. The molecule has 0 N–H and O–H groups in total. The third-order valence-corrected chi connectivity index (χ3v) is 2.36. The molecule has 1 aromatic carbocycles. The summed E-state index contributed by atoms with van der Waals surface area (Å²) in [4.78, 5) is 18.0. The van der Waals surface area contributed by atoms with Gasteiger partial charge in [-0.1, -0.05) is 12.1 Å². The fourth-order valence-electron chi connectivity index (χ4n) is 1.68. The summed E-state index contributed by atoms with van der Waals surface area (Å²) < 4.78 is 5.37. The van der Waals surface area contributed by atoms with Crippen LogP contribution in [0.15, 0.2) is 24.3 Å². The predicted octanol–water partition coefficient (Wildman–Crippen LogP) is 4.03. The highest BCUT2D eigenvalue weighted by Crippen LogP contribution is 2.18. The highest BCUT2D eigenvalue weighted by Gasteiger charge is 2.27. The summed E-state index contributed by atoms with van der Waals surface area (Å²) in [5, 5.41) is 10.2. The van der Waals surface area contributed by atoms with Crippen molar-refractivity contribution in [2.45, 2.75) is 59.3 Å². The maximum atomic E-state index is 12.3. The van der Waals surface area contributed by atoms with Crippen molar-refractivity contribution in [3.05, 3.63) is 35.4 Å². The van der Waals surface area contributed by atoms with Crippen LogP contribution in [-0.2, 0) is 16.1 Å². The molecule has 0 spiro atoms. The number of rotatable bonds is 3. The van der Waals surface area contributed by atoms with Crippen LogP contribution in [0.2, 0.25) is 0 Å². The largest absolute Gasteiger partial charge is 0.442 e. The van der Waals surface area contributed by atoms with Crippen molar-refractivity contribution in [1.82, 2.24) is 5.06 Å². The van der Waals surface area contributed by atoms with Gasteiger partial charge in [-0.25, -0.2) is 4.79 Å². The molecule has 0 saturated heterocycles. The molecule has 0 heterocycles. The molecule has 0 aliphatic carbocycles. The normalized spacial score (nSPS) is 11.7. The highest BCUT2D eigenvalue weighted by molar-refractivity contribution is 5.67. The van der Waals surface area contributed by atoms with E-state index in [0.717, 1.165) is 5.56 Å². The van der Waals surface area contributed by atoms with Gasteiger partial charge in [-0.15, -0.1) is 0 Å². The number of hydroxylamine groups is 2. The van der Waals surface area contributed by atoms with E-state index in [9.17, 15) is 4.79 Å². The topological polar surface area (TPSA) is 62.6 Å². The maximum Gasteiger partial charge on any atom is 0.434 e. The van der Waals surface area contributed by atoms with E-state index in [1.54, 1.807) is 39.0 Å². The summed E-state index contributed by atoms with van der Waals surface area (Å²) in [6.07, 6.45) is -0.551. The third kappa shape index (κ3) is 6.59. The van der Waals surface area contributed by atoms with Gasteiger partial charge in [-0.05, 0) is 59.2 Å². The Morgan fingerprint density at radius 3 is 2.32 bits per heavy atom. The Kier molecular flexibility index (Phi) is 5.56. The number of nitrogens with zero attached hydrogens (tertiary/aromatic N) is 2. The summed E-state index contributed by atoms with van der Waals surface area (Å²) in [6.45, 7) is 11.2. The maximum absolute atomic E-state index is 12.3. The molecule has 5 heteroatoms. The van der Waals surface area contributed by atoms with Gasteiger partial charge >= 0.3 is 6.09 Å². The zero-order chi connectivity index (χ0) is 17.0. The molecule has 22 heavy (non-hydrogen) atoms. The molecule has 0 aliphatic rings. The first-order chi connectivity index (χ1) is 10.00. The van der Waals surface area contributed by atoms with E-state index < -0.39 is 17.3 Å². The molecular formula is C17H24N2O3. The second-order valence-electron chi connectivity index (χ2n) is 7.03. The monoisotopic (exact) mass is 304 g/mol. The van der Waals surface area contributed by atoms with Gasteiger partial charge in [0.2, 0.25) is 0 Å². The Hall–Kier alpha value is -2.06. The van der Waals surface area contributed by atoms with E-state index in [2.05, 4.69) is 6.07 Å². The third-order valence-electron chi connectivity index (χ3n) is 2.36. The van der Waals surface area contributed by atoms with Crippen LogP contribution in [0.25, 0.3) is 0 Å². The molecule has 0 fully saturated rings. The Labute approximate surface area is 132 Å². The number of nitriles is 1. The number of hydrogen-bond acceptors (Lipinski definition) is 4. The second kappa shape index (κ2) is 6.80. The van der Waals surface area contributed by atoms with Crippen LogP contribution < -0.4 is 0 Å². The quantitative estimate of drug-likeness (QED) is 0.791. The van der Waals surface area contributed by atoms with Crippen molar-refractivity contribution in [1.29, 1.82) is 5.26 Å². The molecule has 0 saturated carbocycles. The van der Waals surface area contributed by atoms with E-state index in [-0.39, 0.29) is 6.54 Å². The zero-order valence-electron chi connectivity index (χ0n) is 14.1. The van der Waals surface area contributed by atoms with Crippen LogP contribution in [-0.4, -0.2) is 22.4 Å². The average Bonchev–Trinajstić information content (AvgIpc) is 2.34. The molecule has 1 rings (SSSR count). The minimum absolute atomic E-state index is 0.210. The summed E-state index contributed by atoms with van der Waals surface area (Å²) in [5.74, 6) is 0. The first-order valence-corrected chi connectivity index (χ1v) is 7.19. The molecule has 0 aromatic heterocycles. The van der Waals surface area contributed by atoms with Crippen LogP contribution in [0.3, 0.4) is 0 Å². The van der Waals surface area contributed by atoms with Crippen LogP contribution in [0.1, 0.15) is 52.7 Å². The van der Waals surface area contributed by atoms with Crippen LogP contribution in [0, 0.1) is 11.3 Å². The van der Waals surface area contributed by atoms with Crippen LogP contribution in [0.5, 0.6) is 0 Å². The molecule has 120 valence electrons. The van der Waals surface area contributed by atoms with Crippen LogP contribution >= 0.6 is 0 Å². The lowest BCUT2D eigenvalue weighted by atomic mass is 10.1. The summed E-state index contributed by atoms with van der Waals surface area (Å²) >= 11 is 0. The molecule has 5 nitrogen and oxygen atoms in total. The number of hydrogen-bond donors (Lipinski definition) is 0. The van der Waals surface area contributed by atoms with Gasteiger partial charge < -0.3 is 4.74 Å². The molecule has 1 amide bonds. The molecule has 0 bridgehead atoms. The van der Waals surface area contributed by atoms with E-state index in [1.807, 2.05) is 26.8 Å². The minimum Gasteiger partial charge on any atom is -0.442 e. The lowest BCUT2D eigenvalue weighted by Gasteiger charge is -2.31. The zero-order valence-corrected chi connectivity index (χ0v) is 14.1. The Bertz CT molecular complexity index is 562. The lowest BCUT2D eigenvalue weighted by molar-refractivity contribution is -0.216. The first kappa shape index (κ1) is 18.0. The minimum atomic E-state index is -0.606. The van der Waals surface area contributed by atoms with Gasteiger partial charge in [0, 0.05) is 0 Å². The fourth-order valence-corrected chi connectivity index (χ4v) is 1.68. The molecule has 0 aliphatic heterocycles. The number of carbonyl (C=O) groups excluding carboxylic acids is 1. The molecule has 0 atom stereocenters. The van der Waals surface area contributed by atoms with Gasteiger partial charge in [0.1, 0.15) is 5.60 Å². The van der Waals surface area contributed by atoms with E-state index in [4.69, 9.17) is 14.8 Å². The van der Waals surface area contributed by atoms with E-state index >= 15 is 0 Å². The summed E-state index contributed by atoms with van der Waals surface area (Å²) in [7, 11) is 0. The molecule has 1 aromatic rings. The number of benzene rings is 1. The van der Waals surface area contributed by atoms with E-state index in [0.29, 0.717) is 5.56 Å². The van der Waals surface area contributed by atoms with Gasteiger partial charge in [-0.2, -0.15) is 10.3 Å². The Balaban J connectivity index is 2.95. The summed E-state index contributed by atoms with van der Waals surface area (Å²) in [5.41, 5.74) is 0.195.